The molecular weight excluding hydrogens is 282 g/mol. The van der Waals surface area contributed by atoms with Gasteiger partial charge in [0.05, 0.1) is 22.5 Å². The molecule has 8 nitrogen and oxygen atoms in total. The van der Waals surface area contributed by atoms with E-state index < -0.39 is 0 Å². The van der Waals surface area contributed by atoms with E-state index in [1.807, 2.05) is 20.8 Å². The molecule has 0 amide bonds. The Kier molecular flexibility index (Phi) is 4.05. The normalized spacial score (nSPS) is 10.9. The molecule has 2 rings (SSSR count). The lowest BCUT2D eigenvalue weighted by molar-refractivity contribution is 0.221. The van der Waals surface area contributed by atoms with E-state index in [1.165, 1.54) is 4.68 Å². The number of anilines is 1. The van der Waals surface area contributed by atoms with Crippen LogP contribution in [0.4, 0.5) is 5.95 Å². The van der Waals surface area contributed by atoms with E-state index in [1.54, 1.807) is 6.92 Å². The number of ether oxygens (including phenoxy) is 1. The number of aryl methyl sites for hydroxylation is 1. The van der Waals surface area contributed by atoms with E-state index in [-0.39, 0.29) is 24.0 Å². The van der Waals surface area contributed by atoms with Gasteiger partial charge in [-0.15, -0.1) is 0 Å². The molecule has 0 spiro atoms. The van der Waals surface area contributed by atoms with Gasteiger partial charge >= 0.3 is 6.01 Å². The maximum Gasteiger partial charge on any atom is 0.323 e. The summed E-state index contributed by atoms with van der Waals surface area (Å²) in [5.74, 6) is 5.83. The van der Waals surface area contributed by atoms with Crippen molar-refractivity contribution in [2.45, 2.75) is 33.8 Å². The minimum Gasteiger partial charge on any atom is -0.461 e. The third kappa shape index (κ3) is 2.81. The lowest BCUT2D eigenvalue weighted by Crippen LogP contribution is -2.17. The number of halogens is 1. The standard InChI is InChI=1S/C11H16ClN7O/c1-5(2)20-11-15-9(17-13)14-10(16-11)19-7(4)8(12)6(3)18-19/h5H,13H2,1-4H3,(H,14,15,16,17). The number of nitrogen functional groups attached to an aromatic ring is 1. The summed E-state index contributed by atoms with van der Waals surface area (Å²) < 4.78 is 6.99. The fourth-order valence-electron chi connectivity index (χ4n) is 1.59. The SMILES string of the molecule is Cc1nn(-c2nc(NN)nc(OC(C)C)n2)c(C)c1Cl. The van der Waals surface area contributed by atoms with Crippen molar-refractivity contribution in [3.63, 3.8) is 0 Å². The number of rotatable bonds is 4. The highest BCUT2D eigenvalue weighted by atomic mass is 35.5. The van der Waals surface area contributed by atoms with Crippen molar-refractivity contribution >= 4 is 17.5 Å². The van der Waals surface area contributed by atoms with Crippen LogP contribution in [0.1, 0.15) is 25.2 Å². The second-order valence-electron chi connectivity index (χ2n) is 4.45. The minimum absolute atomic E-state index is 0.0695. The van der Waals surface area contributed by atoms with E-state index in [4.69, 9.17) is 22.2 Å². The van der Waals surface area contributed by atoms with Crippen molar-refractivity contribution in [2.24, 2.45) is 5.84 Å². The molecule has 0 atom stereocenters. The zero-order valence-corrected chi connectivity index (χ0v) is 12.4. The largest absolute Gasteiger partial charge is 0.461 e. The van der Waals surface area contributed by atoms with Crippen LogP contribution in [0, 0.1) is 13.8 Å². The Bertz CT molecular complexity index is 625. The molecule has 2 heterocycles. The topological polar surface area (TPSA) is 104 Å². The molecule has 0 bridgehead atoms. The molecule has 0 saturated heterocycles. The van der Waals surface area contributed by atoms with Gasteiger partial charge in [0.15, 0.2) is 0 Å². The van der Waals surface area contributed by atoms with Crippen molar-refractivity contribution in [3.8, 4) is 12.0 Å². The highest BCUT2D eigenvalue weighted by Crippen LogP contribution is 2.22. The first-order valence-corrected chi connectivity index (χ1v) is 6.41. The number of hydrogen-bond donors (Lipinski definition) is 2. The maximum absolute atomic E-state index is 6.12. The van der Waals surface area contributed by atoms with Gasteiger partial charge in [0.25, 0.3) is 5.95 Å². The first kappa shape index (κ1) is 14.5. The smallest absolute Gasteiger partial charge is 0.323 e. The van der Waals surface area contributed by atoms with Crippen molar-refractivity contribution in [1.29, 1.82) is 0 Å². The second-order valence-corrected chi connectivity index (χ2v) is 4.83. The van der Waals surface area contributed by atoms with Gasteiger partial charge in [-0.1, -0.05) is 11.6 Å². The minimum atomic E-state index is -0.0695. The molecule has 0 aromatic carbocycles. The predicted octanol–water partition coefficient (Wildman–Crippen LogP) is 1.40. The molecule has 0 saturated carbocycles. The lowest BCUT2D eigenvalue weighted by atomic mass is 10.4. The number of nitrogens with zero attached hydrogens (tertiary/aromatic N) is 5. The molecule has 0 fully saturated rings. The van der Waals surface area contributed by atoms with Gasteiger partial charge in [-0.3, -0.25) is 5.43 Å². The fraction of sp³-hybridized carbons (Fsp3) is 0.455. The van der Waals surface area contributed by atoms with Crippen molar-refractivity contribution < 1.29 is 4.74 Å². The van der Waals surface area contributed by atoms with E-state index in [9.17, 15) is 0 Å². The third-order valence-electron chi connectivity index (χ3n) is 2.47. The van der Waals surface area contributed by atoms with Crippen molar-refractivity contribution in [2.75, 3.05) is 5.43 Å². The number of hydrogen-bond acceptors (Lipinski definition) is 7. The summed E-state index contributed by atoms with van der Waals surface area (Å²) in [5, 5.41) is 4.85. The Morgan fingerprint density at radius 2 is 1.95 bits per heavy atom. The van der Waals surface area contributed by atoms with Gasteiger partial charge in [-0.25, -0.2) is 10.5 Å². The van der Waals surface area contributed by atoms with Gasteiger partial charge < -0.3 is 4.74 Å². The van der Waals surface area contributed by atoms with Gasteiger partial charge in [-0.05, 0) is 27.7 Å². The molecule has 108 valence electrons. The number of hydrazine groups is 1. The average Bonchev–Trinajstić information content (AvgIpc) is 2.65. The van der Waals surface area contributed by atoms with Crippen LogP contribution in [0.15, 0.2) is 0 Å². The summed E-state index contributed by atoms with van der Waals surface area (Å²) in [4.78, 5) is 12.4. The fourth-order valence-corrected chi connectivity index (χ4v) is 1.70. The Morgan fingerprint density at radius 1 is 1.25 bits per heavy atom. The second kappa shape index (κ2) is 5.59. The quantitative estimate of drug-likeness (QED) is 0.649. The van der Waals surface area contributed by atoms with E-state index in [0.717, 1.165) is 5.69 Å². The molecule has 2 aromatic heterocycles. The zero-order chi connectivity index (χ0) is 14.9. The van der Waals surface area contributed by atoms with Gasteiger partial charge in [0, 0.05) is 0 Å². The van der Waals surface area contributed by atoms with E-state index in [2.05, 4.69) is 25.5 Å². The molecule has 0 radical (unpaired) electrons. The Labute approximate surface area is 121 Å². The third-order valence-corrected chi connectivity index (χ3v) is 3.01. The van der Waals surface area contributed by atoms with Crippen LogP contribution < -0.4 is 16.0 Å². The molecule has 0 aliphatic carbocycles. The molecule has 0 unspecified atom stereocenters. The van der Waals surface area contributed by atoms with Gasteiger partial charge in [0.2, 0.25) is 5.95 Å². The summed E-state index contributed by atoms with van der Waals surface area (Å²) in [5.41, 5.74) is 3.80. The molecular formula is C11H16ClN7O. The first-order valence-electron chi connectivity index (χ1n) is 6.03. The number of aromatic nitrogens is 5. The Balaban J connectivity index is 2.52. The monoisotopic (exact) mass is 297 g/mol. The molecule has 9 heteroatoms. The lowest BCUT2D eigenvalue weighted by Gasteiger charge is -2.10. The molecule has 0 aliphatic heterocycles. The molecule has 20 heavy (non-hydrogen) atoms. The molecule has 0 aliphatic rings. The van der Waals surface area contributed by atoms with Crippen LogP contribution in [-0.4, -0.2) is 30.8 Å². The van der Waals surface area contributed by atoms with Crippen LogP contribution in [0.25, 0.3) is 5.95 Å². The summed E-state index contributed by atoms with van der Waals surface area (Å²) in [6, 6.07) is 0.168. The Hall–Kier alpha value is -1.93. The van der Waals surface area contributed by atoms with Gasteiger partial charge in [0.1, 0.15) is 0 Å². The van der Waals surface area contributed by atoms with Gasteiger partial charge in [-0.2, -0.15) is 20.1 Å². The van der Waals surface area contributed by atoms with Crippen LogP contribution in [0.5, 0.6) is 6.01 Å². The van der Waals surface area contributed by atoms with Crippen molar-refractivity contribution in [3.05, 3.63) is 16.4 Å². The van der Waals surface area contributed by atoms with Crippen molar-refractivity contribution in [1.82, 2.24) is 24.7 Å². The highest BCUT2D eigenvalue weighted by Gasteiger charge is 2.16. The number of nitrogens with one attached hydrogen (secondary N) is 1. The summed E-state index contributed by atoms with van der Waals surface area (Å²) in [6.07, 6.45) is -0.0695. The van der Waals surface area contributed by atoms with Crippen LogP contribution >= 0.6 is 11.6 Å². The predicted molar refractivity (Wildman–Crippen MR) is 75.0 cm³/mol. The number of nitrogens with two attached hydrogens (primary N) is 1. The summed E-state index contributed by atoms with van der Waals surface area (Å²) >= 11 is 6.12. The van der Waals surface area contributed by atoms with Crippen LogP contribution in [0.2, 0.25) is 5.02 Å². The van der Waals surface area contributed by atoms with Crippen LogP contribution in [0.3, 0.4) is 0 Å². The average molecular weight is 298 g/mol. The summed E-state index contributed by atoms with van der Waals surface area (Å²) in [7, 11) is 0. The summed E-state index contributed by atoms with van der Waals surface area (Å²) in [6.45, 7) is 7.38. The van der Waals surface area contributed by atoms with Crippen LogP contribution in [-0.2, 0) is 0 Å². The van der Waals surface area contributed by atoms with E-state index in [0.29, 0.717) is 10.7 Å². The first-order chi connectivity index (χ1) is 9.42. The zero-order valence-electron chi connectivity index (χ0n) is 11.7. The Morgan fingerprint density at radius 3 is 2.45 bits per heavy atom. The maximum atomic E-state index is 6.12. The van der Waals surface area contributed by atoms with E-state index >= 15 is 0 Å². The molecule has 2 aromatic rings. The highest BCUT2D eigenvalue weighted by molar-refractivity contribution is 6.31. The molecule has 3 N–H and O–H groups in total.